The second-order valence-electron chi connectivity index (χ2n) is 6.16. The molecule has 4 heterocycles. The van der Waals surface area contributed by atoms with Crippen molar-refractivity contribution in [1.82, 2.24) is 24.5 Å². The quantitative estimate of drug-likeness (QED) is 0.771. The van der Waals surface area contributed by atoms with Crippen molar-refractivity contribution < 1.29 is 9.21 Å². The van der Waals surface area contributed by atoms with E-state index >= 15 is 0 Å². The second-order valence-corrected chi connectivity index (χ2v) is 6.16. The molecule has 0 spiro atoms. The molecule has 8 heteroatoms. The number of fused-ring (bicyclic) bond motifs is 1. The highest BCUT2D eigenvalue weighted by molar-refractivity contribution is 5.93. The standard InChI is InChI=1S/C16H18N6O2/c1-10-4-6-21(7-5-10)15(23)11-9-13-19-14(12-3-2-8-24-12)20-22(13)16(17)18-11/h2-3,8-10H,4-7H2,1H3,(H2,17,18). The average molecular weight is 326 g/mol. The second kappa shape index (κ2) is 5.63. The fourth-order valence-corrected chi connectivity index (χ4v) is 2.90. The lowest BCUT2D eigenvalue weighted by molar-refractivity contribution is 0.0691. The van der Waals surface area contributed by atoms with Crippen LogP contribution >= 0.6 is 0 Å². The third kappa shape index (κ3) is 2.49. The van der Waals surface area contributed by atoms with Gasteiger partial charge in [0.2, 0.25) is 11.8 Å². The number of amides is 1. The third-order valence-corrected chi connectivity index (χ3v) is 4.38. The van der Waals surface area contributed by atoms with Crippen LogP contribution < -0.4 is 5.73 Å². The van der Waals surface area contributed by atoms with Crippen LogP contribution in [0.1, 0.15) is 30.3 Å². The van der Waals surface area contributed by atoms with Gasteiger partial charge in [-0.3, -0.25) is 4.79 Å². The molecule has 24 heavy (non-hydrogen) atoms. The van der Waals surface area contributed by atoms with Crippen LogP contribution in [0, 0.1) is 5.92 Å². The maximum Gasteiger partial charge on any atom is 0.272 e. The van der Waals surface area contributed by atoms with E-state index in [1.807, 2.05) is 4.90 Å². The Hall–Kier alpha value is -2.90. The summed E-state index contributed by atoms with van der Waals surface area (Å²) in [6.07, 6.45) is 3.57. The number of anilines is 1. The Morgan fingerprint density at radius 1 is 1.33 bits per heavy atom. The van der Waals surface area contributed by atoms with E-state index in [-0.39, 0.29) is 11.9 Å². The lowest BCUT2D eigenvalue weighted by Crippen LogP contribution is -2.38. The van der Waals surface area contributed by atoms with Crippen LogP contribution in [0.2, 0.25) is 0 Å². The maximum absolute atomic E-state index is 12.7. The average Bonchev–Trinajstić information content (AvgIpc) is 3.24. The molecule has 0 aliphatic carbocycles. The zero-order valence-corrected chi connectivity index (χ0v) is 13.3. The van der Waals surface area contributed by atoms with Gasteiger partial charge in [0.1, 0.15) is 5.69 Å². The Labute approximate surface area is 138 Å². The molecule has 1 aliphatic heterocycles. The van der Waals surface area contributed by atoms with Gasteiger partial charge < -0.3 is 15.1 Å². The highest BCUT2D eigenvalue weighted by Crippen LogP contribution is 2.20. The number of piperidine rings is 1. The zero-order chi connectivity index (χ0) is 16.7. The van der Waals surface area contributed by atoms with E-state index in [4.69, 9.17) is 10.2 Å². The number of carbonyl (C=O) groups excluding carboxylic acids is 1. The Kier molecular flexibility index (Phi) is 3.44. The van der Waals surface area contributed by atoms with E-state index in [1.54, 1.807) is 24.5 Å². The van der Waals surface area contributed by atoms with Crippen molar-refractivity contribution in [2.45, 2.75) is 19.8 Å². The van der Waals surface area contributed by atoms with Gasteiger partial charge in [0.25, 0.3) is 5.91 Å². The summed E-state index contributed by atoms with van der Waals surface area (Å²) in [5.74, 6) is 1.62. The predicted octanol–water partition coefficient (Wildman–Crippen LogP) is 1.84. The van der Waals surface area contributed by atoms with Crippen molar-refractivity contribution in [2.75, 3.05) is 18.8 Å². The zero-order valence-electron chi connectivity index (χ0n) is 13.3. The van der Waals surface area contributed by atoms with E-state index in [2.05, 4.69) is 22.0 Å². The fourth-order valence-electron chi connectivity index (χ4n) is 2.90. The number of nitrogens with zero attached hydrogens (tertiary/aromatic N) is 5. The molecule has 8 nitrogen and oxygen atoms in total. The first-order valence-corrected chi connectivity index (χ1v) is 7.98. The summed E-state index contributed by atoms with van der Waals surface area (Å²) in [4.78, 5) is 23.1. The van der Waals surface area contributed by atoms with Gasteiger partial charge in [-0.25, -0.2) is 9.97 Å². The number of likely N-dealkylation sites (tertiary alicyclic amines) is 1. The van der Waals surface area contributed by atoms with Crippen molar-refractivity contribution >= 4 is 17.5 Å². The van der Waals surface area contributed by atoms with E-state index < -0.39 is 0 Å². The van der Waals surface area contributed by atoms with Crippen LogP contribution in [0.5, 0.6) is 0 Å². The summed E-state index contributed by atoms with van der Waals surface area (Å²) >= 11 is 0. The van der Waals surface area contributed by atoms with Gasteiger partial charge in [0, 0.05) is 19.2 Å². The number of carbonyl (C=O) groups is 1. The Morgan fingerprint density at radius 2 is 2.12 bits per heavy atom. The molecule has 124 valence electrons. The van der Waals surface area contributed by atoms with Gasteiger partial charge in [-0.15, -0.1) is 5.10 Å². The van der Waals surface area contributed by atoms with E-state index in [0.29, 0.717) is 28.8 Å². The molecule has 3 aromatic heterocycles. The highest BCUT2D eigenvalue weighted by atomic mass is 16.3. The molecular weight excluding hydrogens is 308 g/mol. The largest absolute Gasteiger partial charge is 0.461 e. The van der Waals surface area contributed by atoms with Crippen LogP contribution in [0.15, 0.2) is 28.9 Å². The molecule has 3 aromatic rings. The number of nitrogens with two attached hydrogens (primary N) is 1. The summed E-state index contributed by atoms with van der Waals surface area (Å²) in [5, 5.41) is 4.28. The number of hydrogen-bond donors (Lipinski definition) is 1. The molecule has 0 aromatic carbocycles. The van der Waals surface area contributed by atoms with Crippen LogP contribution in [0.3, 0.4) is 0 Å². The highest BCUT2D eigenvalue weighted by Gasteiger charge is 2.24. The first-order chi connectivity index (χ1) is 11.6. The Balaban J connectivity index is 1.68. The normalized spacial score (nSPS) is 16.0. The molecule has 4 rings (SSSR count). The van der Waals surface area contributed by atoms with Gasteiger partial charge >= 0.3 is 0 Å². The van der Waals surface area contributed by atoms with E-state index in [9.17, 15) is 4.79 Å². The number of furan rings is 1. The third-order valence-electron chi connectivity index (χ3n) is 4.38. The molecule has 0 bridgehead atoms. The minimum absolute atomic E-state index is 0.112. The Morgan fingerprint density at radius 3 is 2.83 bits per heavy atom. The maximum atomic E-state index is 12.7. The molecule has 0 radical (unpaired) electrons. The van der Waals surface area contributed by atoms with Crippen molar-refractivity contribution in [3.63, 3.8) is 0 Å². The van der Waals surface area contributed by atoms with Crippen molar-refractivity contribution in [1.29, 1.82) is 0 Å². The van der Waals surface area contributed by atoms with Crippen LogP contribution in [0.25, 0.3) is 17.2 Å². The van der Waals surface area contributed by atoms with Crippen LogP contribution in [0.4, 0.5) is 5.95 Å². The summed E-state index contributed by atoms with van der Waals surface area (Å²) in [6, 6.07) is 5.14. The van der Waals surface area contributed by atoms with E-state index in [1.165, 1.54) is 4.52 Å². The topological polar surface area (TPSA) is 103 Å². The molecule has 2 N–H and O–H groups in total. The molecule has 1 fully saturated rings. The van der Waals surface area contributed by atoms with Crippen molar-refractivity contribution in [2.24, 2.45) is 5.92 Å². The Bertz CT molecular complexity index is 877. The van der Waals surface area contributed by atoms with Crippen molar-refractivity contribution in [3.05, 3.63) is 30.2 Å². The number of nitrogen functional groups attached to an aromatic ring is 1. The molecule has 1 saturated heterocycles. The first-order valence-electron chi connectivity index (χ1n) is 7.98. The monoisotopic (exact) mass is 326 g/mol. The van der Waals surface area contributed by atoms with Crippen LogP contribution in [-0.2, 0) is 0 Å². The van der Waals surface area contributed by atoms with Crippen molar-refractivity contribution in [3.8, 4) is 11.6 Å². The number of hydrogen-bond acceptors (Lipinski definition) is 6. The molecule has 0 atom stereocenters. The SMILES string of the molecule is CC1CCN(C(=O)c2cc3nc(-c4ccco4)nn3c(N)n2)CC1. The van der Waals surface area contributed by atoms with Crippen LogP contribution in [-0.4, -0.2) is 43.5 Å². The fraction of sp³-hybridized carbons (Fsp3) is 0.375. The lowest BCUT2D eigenvalue weighted by Gasteiger charge is -2.30. The van der Waals surface area contributed by atoms with Gasteiger partial charge in [0.15, 0.2) is 11.4 Å². The van der Waals surface area contributed by atoms with Gasteiger partial charge in [0.05, 0.1) is 6.26 Å². The summed E-state index contributed by atoms with van der Waals surface area (Å²) in [5.41, 5.74) is 6.73. The lowest BCUT2D eigenvalue weighted by atomic mass is 9.99. The van der Waals surface area contributed by atoms with Gasteiger partial charge in [-0.05, 0) is 30.9 Å². The number of aromatic nitrogens is 4. The molecule has 0 unspecified atom stereocenters. The molecule has 1 amide bonds. The number of rotatable bonds is 2. The smallest absolute Gasteiger partial charge is 0.272 e. The summed E-state index contributed by atoms with van der Waals surface area (Å²) in [7, 11) is 0. The predicted molar refractivity (Wildman–Crippen MR) is 87.2 cm³/mol. The summed E-state index contributed by atoms with van der Waals surface area (Å²) < 4.78 is 6.71. The van der Waals surface area contributed by atoms with E-state index in [0.717, 1.165) is 25.9 Å². The molecule has 0 saturated carbocycles. The molecular formula is C16H18N6O2. The summed E-state index contributed by atoms with van der Waals surface area (Å²) in [6.45, 7) is 3.70. The van der Waals surface area contributed by atoms with Gasteiger partial charge in [-0.2, -0.15) is 4.52 Å². The first kappa shape index (κ1) is 14.7. The molecule has 1 aliphatic rings. The minimum atomic E-state index is -0.112. The minimum Gasteiger partial charge on any atom is -0.461 e. The van der Waals surface area contributed by atoms with Gasteiger partial charge in [-0.1, -0.05) is 6.92 Å².